The lowest BCUT2D eigenvalue weighted by atomic mass is 9.81. The van der Waals surface area contributed by atoms with Crippen LogP contribution >= 0.6 is 0 Å². The van der Waals surface area contributed by atoms with Crippen molar-refractivity contribution in [3.63, 3.8) is 0 Å². The van der Waals surface area contributed by atoms with Gasteiger partial charge in [-0.1, -0.05) is 32.0 Å². The molecule has 218 valence electrons. The van der Waals surface area contributed by atoms with Crippen molar-refractivity contribution in [1.29, 1.82) is 0 Å². The fourth-order valence-corrected chi connectivity index (χ4v) is 5.03. The Morgan fingerprint density at radius 3 is 2.69 bits per heavy atom. The van der Waals surface area contributed by atoms with E-state index in [1.807, 2.05) is 39.0 Å². The molecule has 0 aliphatic carbocycles. The molecule has 3 aromatic carbocycles. The van der Waals surface area contributed by atoms with E-state index >= 15 is 0 Å². The molecule has 5 aromatic rings. The Bertz CT molecular complexity index is 1760. The molecule has 10 heteroatoms. The number of nitrogens with zero attached hydrogens (tertiary/aromatic N) is 1. The van der Waals surface area contributed by atoms with E-state index in [9.17, 15) is 18.0 Å². The molecule has 1 atom stereocenters. The number of esters is 1. The molecular weight excluding hydrogens is 547 g/mol. The van der Waals surface area contributed by atoms with Crippen molar-refractivity contribution in [1.82, 2.24) is 15.0 Å². The molecule has 3 heterocycles. The topological polar surface area (TPSA) is 89.2 Å². The average molecular weight is 578 g/mol. The second-order valence-corrected chi connectivity index (χ2v) is 9.73. The van der Waals surface area contributed by atoms with Crippen LogP contribution in [0.2, 0.25) is 0 Å². The number of aromatic nitrogens is 3. The van der Waals surface area contributed by atoms with Gasteiger partial charge in [-0.15, -0.1) is 0 Å². The quantitative estimate of drug-likeness (QED) is 0.195. The maximum absolute atomic E-state index is 14.9. The number of carbonyl (C=O) groups is 1. The first-order valence-electron chi connectivity index (χ1n) is 13.7. The van der Waals surface area contributed by atoms with Gasteiger partial charge < -0.3 is 24.2 Å². The monoisotopic (exact) mass is 577 g/mol. The van der Waals surface area contributed by atoms with Crippen LogP contribution in [0.25, 0.3) is 22.3 Å². The van der Waals surface area contributed by atoms with E-state index < -0.39 is 28.6 Å². The van der Waals surface area contributed by atoms with Gasteiger partial charge >= 0.3 is 5.97 Å². The SMILES string of the molecule is CC.CCOC(=O)Cc1cccc2c1OCC2(C)c1cnc(-c2cc(Oc3c(F)cc4[nH]ccc4c3F)ccc2F)[nH]1. The number of rotatable bonds is 7. The highest BCUT2D eigenvalue weighted by Crippen LogP contribution is 2.45. The van der Waals surface area contributed by atoms with Gasteiger partial charge in [0.25, 0.3) is 0 Å². The number of benzene rings is 3. The largest absolute Gasteiger partial charge is 0.492 e. The minimum atomic E-state index is -0.895. The van der Waals surface area contributed by atoms with Crippen molar-refractivity contribution in [3.05, 3.63) is 95.2 Å². The number of hydrogen-bond acceptors (Lipinski definition) is 5. The van der Waals surface area contributed by atoms with E-state index in [1.54, 1.807) is 13.1 Å². The number of H-pyrrole nitrogens is 2. The number of imidazole rings is 1. The fraction of sp³-hybridized carbons (Fsp3) is 0.250. The number of halogens is 3. The Morgan fingerprint density at radius 2 is 1.90 bits per heavy atom. The Balaban J connectivity index is 0.00000173. The standard InChI is InChI=1S/C30H24F3N3O4.C2H6/c1-3-38-25(37)11-16-5-4-6-20-27(16)39-15-30(20,2)24-14-35-29(36-24)19-12-17(7-8-21(19)31)40-28-22(32)13-23-18(26(28)33)9-10-34-23;1-2/h4-10,12-14,34H,3,11,15H2,1-2H3,(H,35,36);1-2H3. The summed E-state index contributed by atoms with van der Waals surface area (Å²) in [5.74, 6) is -2.44. The Hall–Kier alpha value is -4.73. The highest BCUT2D eigenvalue weighted by atomic mass is 19.1. The molecule has 0 saturated carbocycles. The summed E-state index contributed by atoms with van der Waals surface area (Å²) >= 11 is 0. The summed E-state index contributed by atoms with van der Waals surface area (Å²) in [6.45, 7) is 8.27. The third kappa shape index (κ3) is 5.08. The highest BCUT2D eigenvalue weighted by Gasteiger charge is 2.41. The minimum absolute atomic E-state index is 0.0337. The van der Waals surface area contributed by atoms with E-state index in [0.29, 0.717) is 22.5 Å². The number of fused-ring (bicyclic) bond motifs is 2. The van der Waals surface area contributed by atoms with Gasteiger partial charge in [-0.25, -0.2) is 18.2 Å². The van der Waals surface area contributed by atoms with Crippen molar-refractivity contribution in [2.24, 2.45) is 0 Å². The van der Waals surface area contributed by atoms with E-state index in [-0.39, 0.29) is 48.1 Å². The lowest BCUT2D eigenvalue weighted by Gasteiger charge is -2.21. The van der Waals surface area contributed by atoms with Crippen LogP contribution in [-0.2, 0) is 21.4 Å². The smallest absolute Gasteiger partial charge is 0.310 e. The molecule has 7 nitrogen and oxygen atoms in total. The van der Waals surface area contributed by atoms with E-state index in [1.165, 1.54) is 24.4 Å². The fourth-order valence-electron chi connectivity index (χ4n) is 5.03. The highest BCUT2D eigenvalue weighted by molar-refractivity contribution is 5.82. The molecule has 2 N–H and O–H groups in total. The number of carbonyl (C=O) groups excluding carboxylic acids is 1. The molecule has 0 amide bonds. The van der Waals surface area contributed by atoms with Crippen molar-refractivity contribution < 1.29 is 32.2 Å². The molecule has 1 unspecified atom stereocenters. The molecule has 0 radical (unpaired) electrons. The lowest BCUT2D eigenvalue weighted by Crippen LogP contribution is -2.25. The average Bonchev–Trinajstić information content (AvgIpc) is 3.74. The van der Waals surface area contributed by atoms with Gasteiger partial charge in [0.1, 0.15) is 29.7 Å². The molecule has 1 aliphatic rings. The summed E-state index contributed by atoms with van der Waals surface area (Å²) in [6.07, 6.45) is 3.17. The van der Waals surface area contributed by atoms with Gasteiger partial charge in [0.2, 0.25) is 0 Å². The van der Waals surface area contributed by atoms with Gasteiger partial charge in [0, 0.05) is 40.7 Å². The molecule has 42 heavy (non-hydrogen) atoms. The van der Waals surface area contributed by atoms with Crippen LogP contribution in [-0.4, -0.2) is 34.1 Å². The maximum Gasteiger partial charge on any atom is 0.310 e. The third-order valence-electron chi connectivity index (χ3n) is 7.12. The normalized spacial score (nSPS) is 15.5. The van der Waals surface area contributed by atoms with Crippen LogP contribution in [0.1, 0.15) is 44.5 Å². The predicted octanol–water partition coefficient (Wildman–Crippen LogP) is 7.60. The second-order valence-electron chi connectivity index (χ2n) is 9.73. The van der Waals surface area contributed by atoms with Crippen LogP contribution in [0.3, 0.4) is 0 Å². The van der Waals surface area contributed by atoms with Gasteiger partial charge in [0.15, 0.2) is 17.4 Å². The number of aromatic amines is 2. The van der Waals surface area contributed by atoms with Crippen molar-refractivity contribution in [2.45, 2.75) is 39.5 Å². The molecule has 0 saturated heterocycles. The maximum atomic E-state index is 14.9. The zero-order chi connectivity index (χ0) is 30.0. The zero-order valence-corrected chi connectivity index (χ0v) is 23.6. The minimum Gasteiger partial charge on any atom is -0.492 e. The van der Waals surface area contributed by atoms with Gasteiger partial charge in [0.05, 0.1) is 29.5 Å². The number of nitrogens with one attached hydrogen (secondary N) is 2. The Kier molecular flexibility index (Phi) is 7.98. The number of hydrogen-bond donors (Lipinski definition) is 2. The zero-order valence-electron chi connectivity index (χ0n) is 23.6. The molecule has 0 spiro atoms. The van der Waals surface area contributed by atoms with E-state index in [0.717, 1.165) is 17.7 Å². The van der Waals surface area contributed by atoms with Crippen molar-refractivity contribution >= 4 is 16.9 Å². The predicted molar refractivity (Wildman–Crippen MR) is 152 cm³/mol. The summed E-state index contributed by atoms with van der Waals surface area (Å²) in [5, 5.41) is 0.173. The molecule has 0 fully saturated rings. The third-order valence-corrected chi connectivity index (χ3v) is 7.12. The van der Waals surface area contributed by atoms with Gasteiger partial charge in [-0.2, -0.15) is 0 Å². The molecular formula is C32H30F3N3O4. The van der Waals surface area contributed by atoms with Crippen LogP contribution in [0, 0.1) is 17.5 Å². The van der Waals surface area contributed by atoms with E-state index in [4.69, 9.17) is 14.2 Å². The number of para-hydroxylation sites is 1. The molecule has 6 rings (SSSR count). The Morgan fingerprint density at radius 1 is 1.10 bits per heavy atom. The summed E-state index contributed by atoms with van der Waals surface area (Å²) in [7, 11) is 0. The van der Waals surface area contributed by atoms with Crippen molar-refractivity contribution in [2.75, 3.05) is 13.2 Å². The second kappa shape index (κ2) is 11.6. The first-order valence-corrected chi connectivity index (χ1v) is 13.7. The molecule has 1 aliphatic heterocycles. The van der Waals surface area contributed by atoms with Crippen LogP contribution in [0.4, 0.5) is 13.2 Å². The summed E-state index contributed by atoms with van der Waals surface area (Å²) in [6, 6.07) is 12.0. The van der Waals surface area contributed by atoms with Crippen LogP contribution < -0.4 is 9.47 Å². The first kappa shape index (κ1) is 28.8. The first-order chi connectivity index (χ1) is 20.3. The Labute approximate surface area is 240 Å². The summed E-state index contributed by atoms with van der Waals surface area (Å²) in [4.78, 5) is 22.4. The summed E-state index contributed by atoms with van der Waals surface area (Å²) < 4.78 is 61.1. The summed E-state index contributed by atoms with van der Waals surface area (Å²) in [5.41, 5.74) is 1.93. The lowest BCUT2D eigenvalue weighted by molar-refractivity contribution is -0.142. The van der Waals surface area contributed by atoms with Crippen LogP contribution in [0.5, 0.6) is 17.2 Å². The van der Waals surface area contributed by atoms with Gasteiger partial charge in [-0.3, -0.25) is 4.79 Å². The van der Waals surface area contributed by atoms with Crippen molar-refractivity contribution in [3.8, 4) is 28.6 Å². The molecule has 2 aromatic heterocycles. The van der Waals surface area contributed by atoms with Gasteiger partial charge in [-0.05, 0) is 38.1 Å². The van der Waals surface area contributed by atoms with Crippen LogP contribution in [0.15, 0.2) is 60.9 Å². The number of ether oxygens (including phenoxy) is 3. The molecule has 0 bridgehead atoms. The van der Waals surface area contributed by atoms with E-state index in [2.05, 4.69) is 15.0 Å².